The summed E-state index contributed by atoms with van der Waals surface area (Å²) in [5, 5.41) is 2.99. The highest BCUT2D eigenvalue weighted by Gasteiger charge is 2.19. The number of hydrogen-bond acceptors (Lipinski definition) is 3. The summed E-state index contributed by atoms with van der Waals surface area (Å²) in [5.74, 6) is -0.183. The highest BCUT2D eigenvalue weighted by molar-refractivity contribution is 6.02. The van der Waals surface area contributed by atoms with Crippen LogP contribution in [0.1, 0.15) is 129 Å². The molecule has 0 spiro atoms. The van der Waals surface area contributed by atoms with Crippen LogP contribution >= 0.6 is 0 Å². The lowest BCUT2D eigenvalue weighted by atomic mass is 9.92. The van der Waals surface area contributed by atoms with Gasteiger partial charge in [0.05, 0.1) is 6.10 Å². The van der Waals surface area contributed by atoms with Gasteiger partial charge in [-0.25, -0.2) is 0 Å². The van der Waals surface area contributed by atoms with E-state index in [2.05, 4.69) is 39.9 Å². The van der Waals surface area contributed by atoms with Gasteiger partial charge in [0.25, 0.3) is 0 Å². The van der Waals surface area contributed by atoms with Crippen molar-refractivity contribution < 1.29 is 14.3 Å². The maximum Gasteiger partial charge on any atom is 0.315 e. The number of anilines is 1. The van der Waals surface area contributed by atoms with Crippen molar-refractivity contribution in [3.8, 4) is 0 Å². The third kappa shape index (κ3) is 10.8. The molecule has 4 heteroatoms. The summed E-state index contributed by atoms with van der Waals surface area (Å²) in [6.07, 6.45) is 10.5. The van der Waals surface area contributed by atoms with E-state index in [1.54, 1.807) is 0 Å². The minimum Gasteiger partial charge on any atom is -0.462 e. The van der Waals surface area contributed by atoms with Crippen LogP contribution in [-0.4, -0.2) is 18.0 Å². The van der Waals surface area contributed by atoms with Gasteiger partial charge in [0.1, 0.15) is 6.42 Å². The van der Waals surface area contributed by atoms with Crippen LogP contribution in [0.4, 0.5) is 5.69 Å². The standard InChI is InChI=1S/C27H45NO3/c1-7-8-9-10-11-12-13-14-16-22(6)31-26(30)19-25(29)28-27-23(20(2)3)17-15-18-24(27)21(4)5/h15,17-18,20-22H,7-14,16,19H2,1-6H3,(H,28,29). The second kappa shape index (κ2) is 15.0. The topological polar surface area (TPSA) is 55.4 Å². The molecule has 31 heavy (non-hydrogen) atoms. The van der Waals surface area contributed by atoms with Crippen LogP contribution in [0.2, 0.25) is 0 Å². The number of amides is 1. The first-order valence-electron chi connectivity index (χ1n) is 12.4. The van der Waals surface area contributed by atoms with Crippen molar-refractivity contribution in [2.24, 2.45) is 0 Å². The number of hydrogen-bond donors (Lipinski definition) is 1. The van der Waals surface area contributed by atoms with Crippen LogP contribution in [0, 0.1) is 0 Å². The molecule has 1 aromatic rings. The monoisotopic (exact) mass is 431 g/mol. The zero-order valence-electron chi connectivity index (χ0n) is 20.8. The fourth-order valence-electron chi connectivity index (χ4n) is 3.90. The summed E-state index contributed by atoms with van der Waals surface area (Å²) in [6.45, 7) is 12.6. The van der Waals surface area contributed by atoms with E-state index in [1.807, 2.05) is 25.1 Å². The van der Waals surface area contributed by atoms with Crippen LogP contribution in [0.25, 0.3) is 0 Å². The maximum atomic E-state index is 12.5. The number of ether oxygens (including phenoxy) is 1. The van der Waals surface area contributed by atoms with E-state index in [1.165, 1.54) is 44.9 Å². The molecular weight excluding hydrogens is 386 g/mol. The summed E-state index contributed by atoms with van der Waals surface area (Å²) in [7, 11) is 0. The molecule has 0 aliphatic carbocycles. The van der Waals surface area contributed by atoms with Gasteiger partial charge < -0.3 is 10.1 Å². The molecule has 1 rings (SSSR count). The zero-order valence-corrected chi connectivity index (χ0v) is 20.8. The molecule has 1 N–H and O–H groups in total. The summed E-state index contributed by atoms with van der Waals surface area (Å²) >= 11 is 0. The Morgan fingerprint density at radius 1 is 0.839 bits per heavy atom. The molecule has 1 aromatic carbocycles. The van der Waals surface area contributed by atoms with Crippen molar-refractivity contribution in [1.82, 2.24) is 0 Å². The first-order valence-corrected chi connectivity index (χ1v) is 12.4. The first kappa shape index (κ1) is 27.2. The van der Waals surface area contributed by atoms with E-state index in [-0.39, 0.29) is 30.3 Å². The Balaban J connectivity index is 2.42. The highest BCUT2D eigenvalue weighted by Crippen LogP contribution is 2.32. The molecule has 176 valence electrons. The van der Waals surface area contributed by atoms with Crippen LogP contribution in [-0.2, 0) is 14.3 Å². The zero-order chi connectivity index (χ0) is 23.2. The Labute approximate surface area is 190 Å². The Morgan fingerprint density at radius 3 is 1.87 bits per heavy atom. The summed E-state index contributed by atoms with van der Waals surface area (Å²) < 4.78 is 5.47. The van der Waals surface area contributed by atoms with Crippen LogP contribution in [0.3, 0.4) is 0 Å². The van der Waals surface area contributed by atoms with E-state index in [0.29, 0.717) is 0 Å². The number of benzene rings is 1. The van der Waals surface area contributed by atoms with Gasteiger partial charge in [0, 0.05) is 5.69 Å². The van der Waals surface area contributed by atoms with Crippen molar-refractivity contribution in [3.63, 3.8) is 0 Å². The lowest BCUT2D eigenvalue weighted by molar-refractivity contribution is -0.150. The number of carbonyl (C=O) groups excluding carboxylic acids is 2. The molecule has 0 radical (unpaired) electrons. The number of rotatable bonds is 15. The molecule has 1 amide bonds. The first-order chi connectivity index (χ1) is 14.8. The lowest BCUT2D eigenvalue weighted by Gasteiger charge is -2.20. The number of esters is 1. The van der Waals surface area contributed by atoms with Crippen molar-refractivity contribution in [3.05, 3.63) is 29.3 Å². The number of carbonyl (C=O) groups is 2. The van der Waals surface area contributed by atoms with Crippen LogP contribution in [0.5, 0.6) is 0 Å². The second-order valence-corrected chi connectivity index (χ2v) is 9.41. The summed E-state index contributed by atoms with van der Waals surface area (Å²) in [4.78, 5) is 24.8. The second-order valence-electron chi connectivity index (χ2n) is 9.41. The fourth-order valence-corrected chi connectivity index (χ4v) is 3.90. The smallest absolute Gasteiger partial charge is 0.315 e. The third-order valence-electron chi connectivity index (χ3n) is 5.74. The average Bonchev–Trinajstić information content (AvgIpc) is 2.69. The number of para-hydroxylation sites is 1. The van der Waals surface area contributed by atoms with Gasteiger partial charge in [-0.2, -0.15) is 0 Å². The number of unbranched alkanes of at least 4 members (excludes halogenated alkanes) is 7. The molecule has 0 fully saturated rings. The van der Waals surface area contributed by atoms with Gasteiger partial charge in [0.2, 0.25) is 5.91 Å². The van der Waals surface area contributed by atoms with E-state index in [4.69, 9.17) is 4.74 Å². The van der Waals surface area contributed by atoms with Gasteiger partial charge in [-0.15, -0.1) is 0 Å². The molecule has 0 saturated heterocycles. The van der Waals surface area contributed by atoms with E-state index >= 15 is 0 Å². The van der Waals surface area contributed by atoms with Crippen molar-refractivity contribution in [1.29, 1.82) is 0 Å². The van der Waals surface area contributed by atoms with Crippen molar-refractivity contribution >= 4 is 17.6 Å². The van der Waals surface area contributed by atoms with Crippen LogP contribution < -0.4 is 5.32 Å². The largest absolute Gasteiger partial charge is 0.462 e. The molecule has 1 atom stereocenters. The molecular formula is C27H45NO3. The van der Waals surface area contributed by atoms with Crippen molar-refractivity contribution in [2.45, 2.75) is 124 Å². The van der Waals surface area contributed by atoms with Gasteiger partial charge in [0.15, 0.2) is 0 Å². The highest BCUT2D eigenvalue weighted by atomic mass is 16.5. The number of nitrogens with one attached hydrogen (secondary N) is 1. The molecule has 0 aliphatic heterocycles. The van der Waals surface area contributed by atoms with Gasteiger partial charge in [-0.05, 0) is 42.7 Å². The molecule has 0 saturated carbocycles. The summed E-state index contributed by atoms with van der Waals surface area (Å²) in [6, 6.07) is 6.11. The third-order valence-corrected chi connectivity index (χ3v) is 5.74. The molecule has 0 bridgehead atoms. The SMILES string of the molecule is CCCCCCCCCCC(C)OC(=O)CC(=O)Nc1c(C(C)C)cccc1C(C)C. The normalized spacial score (nSPS) is 12.3. The van der Waals surface area contributed by atoms with E-state index < -0.39 is 5.97 Å². The van der Waals surface area contributed by atoms with E-state index in [0.717, 1.165) is 29.7 Å². The van der Waals surface area contributed by atoms with Crippen molar-refractivity contribution in [2.75, 3.05) is 5.32 Å². The molecule has 0 aromatic heterocycles. The Morgan fingerprint density at radius 2 is 1.35 bits per heavy atom. The predicted octanol–water partition coefficient (Wildman–Crippen LogP) is 7.72. The Kier molecular flexibility index (Phi) is 13.2. The fraction of sp³-hybridized carbons (Fsp3) is 0.704. The maximum absolute atomic E-state index is 12.5. The Hall–Kier alpha value is -1.84. The van der Waals surface area contributed by atoms with Gasteiger partial charge in [-0.1, -0.05) is 97.8 Å². The molecule has 4 nitrogen and oxygen atoms in total. The predicted molar refractivity (Wildman–Crippen MR) is 131 cm³/mol. The Bertz CT molecular complexity index is 640. The lowest BCUT2D eigenvalue weighted by Crippen LogP contribution is -2.23. The summed E-state index contributed by atoms with van der Waals surface area (Å²) in [5.41, 5.74) is 3.03. The minimum absolute atomic E-state index is 0.144. The molecule has 1 unspecified atom stereocenters. The van der Waals surface area contributed by atoms with Gasteiger partial charge >= 0.3 is 5.97 Å². The molecule has 0 heterocycles. The quantitative estimate of drug-likeness (QED) is 0.176. The van der Waals surface area contributed by atoms with Gasteiger partial charge in [-0.3, -0.25) is 9.59 Å². The average molecular weight is 432 g/mol. The molecule has 0 aliphatic rings. The van der Waals surface area contributed by atoms with Crippen LogP contribution in [0.15, 0.2) is 18.2 Å². The minimum atomic E-state index is -0.447. The van der Waals surface area contributed by atoms with E-state index in [9.17, 15) is 9.59 Å².